The molecule has 140 valence electrons. The van der Waals surface area contributed by atoms with Crippen LogP contribution in [0.1, 0.15) is 33.3 Å². The number of ether oxygens (including phenoxy) is 3. The van der Waals surface area contributed by atoms with Gasteiger partial charge in [-0.2, -0.15) is 0 Å². The number of methoxy groups -OCH3 is 2. The predicted molar refractivity (Wildman–Crippen MR) is 94.5 cm³/mol. The van der Waals surface area contributed by atoms with Crippen molar-refractivity contribution in [3.05, 3.63) is 29.8 Å². The van der Waals surface area contributed by atoms with Crippen molar-refractivity contribution in [2.75, 3.05) is 20.8 Å². The number of rotatable bonds is 7. The summed E-state index contributed by atoms with van der Waals surface area (Å²) in [4.78, 5) is 24.1. The SMILES string of the molecule is COC(=O)C(C)(CNCc1ccc(OC)cc1)NC(=O)OC(C)(C)C. The van der Waals surface area contributed by atoms with Crippen molar-refractivity contribution in [2.45, 2.75) is 45.4 Å². The molecule has 0 spiro atoms. The smallest absolute Gasteiger partial charge is 0.408 e. The third kappa shape index (κ3) is 7.01. The minimum absolute atomic E-state index is 0.185. The normalized spacial score (nSPS) is 13.5. The van der Waals surface area contributed by atoms with Crippen molar-refractivity contribution in [3.8, 4) is 5.75 Å². The number of hydrogen-bond donors (Lipinski definition) is 2. The van der Waals surface area contributed by atoms with Gasteiger partial charge < -0.3 is 24.8 Å². The van der Waals surface area contributed by atoms with Gasteiger partial charge in [-0.15, -0.1) is 0 Å². The summed E-state index contributed by atoms with van der Waals surface area (Å²) in [5.74, 6) is 0.218. The molecule has 7 heteroatoms. The first-order valence-electron chi connectivity index (χ1n) is 8.03. The van der Waals surface area contributed by atoms with E-state index in [4.69, 9.17) is 14.2 Å². The molecule has 0 saturated carbocycles. The van der Waals surface area contributed by atoms with Gasteiger partial charge in [0.15, 0.2) is 5.54 Å². The topological polar surface area (TPSA) is 85.9 Å². The standard InChI is InChI=1S/C18H28N2O5/c1-17(2,3)25-16(22)20-18(4,15(21)24-6)12-19-11-13-7-9-14(23-5)10-8-13/h7-10,19H,11-12H2,1-6H3,(H,20,22). The van der Waals surface area contributed by atoms with E-state index in [9.17, 15) is 9.59 Å². The Balaban J connectivity index is 2.68. The first-order valence-corrected chi connectivity index (χ1v) is 8.03. The summed E-state index contributed by atoms with van der Waals surface area (Å²) >= 11 is 0. The van der Waals surface area contributed by atoms with Crippen LogP contribution in [0.25, 0.3) is 0 Å². The number of esters is 1. The highest BCUT2D eigenvalue weighted by atomic mass is 16.6. The molecule has 0 aliphatic heterocycles. The van der Waals surface area contributed by atoms with Gasteiger partial charge >= 0.3 is 12.1 Å². The molecule has 0 fully saturated rings. The zero-order chi connectivity index (χ0) is 19.1. The van der Waals surface area contributed by atoms with Gasteiger partial charge in [0.1, 0.15) is 11.4 Å². The molecule has 0 radical (unpaired) electrons. The van der Waals surface area contributed by atoms with Gasteiger partial charge in [-0.3, -0.25) is 0 Å². The van der Waals surface area contributed by atoms with Gasteiger partial charge in [0, 0.05) is 13.1 Å². The van der Waals surface area contributed by atoms with Crippen LogP contribution in [-0.4, -0.2) is 44.0 Å². The van der Waals surface area contributed by atoms with E-state index in [1.807, 2.05) is 24.3 Å². The molecule has 1 aromatic rings. The van der Waals surface area contributed by atoms with Crippen molar-refractivity contribution < 1.29 is 23.8 Å². The van der Waals surface area contributed by atoms with Gasteiger partial charge in [-0.05, 0) is 45.4 Å². The van der Waals surface area contributed by atoms with Crippen molar-refractivity contribution >= 4 is 12.1 Å². The van der Waals surface area contributed by atoms with Crippen molar-refractivity contribution in [1.82, 2.24) is 10.6 Å². The number of hydrogen-bond acceptors (Lipinski definition) is 6. The van der Waals surface area contributed by atoms with Crippen LogP contribution in [0.5, 0.6) is 5.75 Å². The van der Waals surface area contributed by atoms with Crippen LogP contribution in [0, 0.1) is 0 Å². The third-order valence-electron chi connectivity index (χ3n) is 3.38. The number of carbonyl (C=O) groups is 2. The zero-order valence-electron chi connectivity index (χ0n) is 15.8. The van der Waals surface area contributed by atoms with E-state index in [-0.39, 0.29) is 6.54 Å². The van der Waals surface area contributed by atoms with Gasteiger partial charge in [-0.1, -0.05) is 12.1 Å². The monoisotopic (exact) mass is 352 g/mol. The number of carbonyl (C=O) groups excluding carboxylic acids is 2. The molecular formula is C18H28N2O5. The highest BCUT2D eigenvalue weighted by Crippen LogP contribution is 2.13. The van der Waals surface area contributed by atoms with Crippen LogP contribution in [0.3, 0.4) is 0 Å². The maximum absolute atomic E-state index is 12.1. The second-order valence-electron chi connectivity index (χ2n) is 6.90. The van der Waals surface area contributed by atoms with E-state index in [0.29, 0.717) is 6.54 Å². The maximum Gasteiger partial charge on any atom is 0.408 e. The minimum atomic E-state index is -1.25. The lowest BCUT2D eigenvalue weighted by atomic mass is 10.0. The molecule has 0 bridgehead atoms. The lowest BCUT2D eigenvalue weighted by Crippen LogP contribution is -2.59. The fourth-order valence-corrected chi connectivity index (χ4v) is 2.12. The van der Waals surface area contributed by atoms with Crippen molar-refractivity contribution in [3.63, 3.8) is 0 Å². The van der Waals surface area contributed by atoms with Gasteiger partial charge in [0.05, 0.1) is 14.2 Å². The zero-order valence-corrected chi connectivity index (χ0v) is 15.8. The van der Waals surface area contributed by atoms with Crippen molar-refractivity contribution in [1.29, 1.82) is 0 Å². The molecule has 0 heterocycles. The molecular weight excluding hydrogens is 324 g/mol. The van der Waals surface area contributed by atoms with Crippen LogP contribution >= 0.6 is 0 Å². The van der Waals surface area contributed by atoms with Crippen molar-refractivity contribution in [2.24, 2.45) is 0 Å². The fraction of sp³-hybridized carbons (Fsp3) is 0.556. The molecule has 1 unspecified atom stereocenters. The van der Waals surface area contributed by atoms with E-state index < -0.39 is 23.2 Å². The van der Waals surface area contributed by atoms with E-state index in [2.05, 4.69) is 10.6 Å². The molecule has 1 rings (SSSR count). The molecule has 25 heavy (non-hydrogen) atoms. The minimum Gasteiger partial charge on any atom is -0.497 e. The molecule has 7 nitrogen and oxygen atoms in total. The molecule has 0 aromatic heterocycles. The average Bonchev–Trinajstić information content (AvgIpc) is 2.52. The fourth-order valence-electron chi connectivity index (χ4n) is 2.12. The molecule has 0 saturated heterocycles. The lowest BCUT2D eigenvalue weighted by Gasteiger charge is -2.30. The van der Waals surface area contributed by atoms with E-state index in [1.165, 1.54) is 7.11 Å². The van der Waals surface area contributed by atoms with E-state index >= 15 is 0 Å². The van der Waals surface area contributed by atoms with E-state index in [0.717, 1.165) is 11.3 Å². The van der Waals surface area contributed by atoms with Gasteiger partial charge in [0.2, 0.25) is 0 Å². The summed E-state index contributed by atoms with van der Waals surface area (Å²) in [6.07, 6.45) is -0.674. The summed E-state index contributed by atoms with van der Waals surface area (Å²) < 4.78 is 15.1. The number of amides is 1. The average molecular weight is 352 g/mol. The van der Waals surface area contributed by atoms with Crippen LogP contribution in [0.15, 0.2) is 24.3 Å². The highest BCUT2D eigenvalue weighted by molar-refractivity contribution is 5.85. The Hall–Kier alpha value is -2.28. The van der Waals surface area contributed by atoms with Crippen LogP contribution < -0.4 is 15.4 Å². The van der Waals surface area contributed by atoms with Crippen LogP contribution in [-0.2, 0) is 20.8 Å². The summed E-state index contributed by atoms with van der Waals surface area (Å²) in [5.41, 5.74) is -0.883. The Kier molecular flexibility index (Phi) is 7.23. The summed E-state index contributed by atoms with van der Waals surface area (Å²) in [6, 6.07) is 7.55. The molecule has 1 aromatic carbocycles. The second-order valence-corrected chi connectivity index (χ2v) is 6.90. The van der Waals surface area contributed by atoms with Gasteiger partial charge in [-0.25, -0.2) is 9.59 Å². The molecule has 0 aliphatic carbocycles. The number of nitrogens with one attached hydrogen (secondary N) is 2. The van der Waals surface area contributed by atoms with Crippen LogP contribution in [0.4, 0.5) is 4.79 Å². The predicted octanol–water partition coefficient (Wildman–Crippen LogP) is 2.24. The Morgan fingerprint density at radius 1 is 1.04 bits per heavy atom. The highest BCUT2D eigenvalue weighted by Gasteiger charge is 2.37. The van der Waals surface area contributed by atoms with Crippen LogP contribution in [0.2, 0.25) is 0 Å². The second kappa shape index (κ2) is 8.71. The number of benzene rings is 1. The largest absolute Gasteiger partial charge is 0.497 e. The van der Waals surface area contributed by atoms with Gasteiger partial charge in [0.25, 0.3) is 0 Å². The first-order chi connectivity index (χ1) is 11.6. The molecule has 1 atom stereocenters. The lowest BCUT2D eigenvalue weighted by molar-refractivity contribution is -0.147. The molecule has 0 aliphatic rings. The third-order valence-corrected chi connectivity index (χ3v) is 3.38. The summed E-state index contributed by atoms with van der Waals surface area (Å²) in [7, 11) is 2.89. The Bertz CT molecular complexity index is 580. The van der Waals surface area contributed by atoms with E-state index in [1.54, 1.807) is 34.8 Å². The first kappa shape index (κ1) is 20.8. The molecule has 1 amide bonds. The summed E-state index contributed by atoms with van der Waals surface area (Å²) in [5, 5.41) is 5.74. The Morgan fingerprint density at radius 3 is 2.12 bits per heavy atom. The Labute approximate surface area is 149 Å². The summed E-state index contributed by atoms with van der Waals surface area (Å²) in [6.45, 7) is 7.55. The Morgan fingerprint density at radius 2 is 1.64 bits per heavy atom. The quantitative estimate of drug-likeness (QED) is 0.732. The number of alkyl carbamates (subject to hydrolysis) is 1. The molecule has 2 N–H and O–H groups in total. The maximum atomic E-state index is 12.1.